The Labute approximate surface area is 131 Å². The molecule has 1 amide bonds. The van der Waals surface area contributed by atoms with Gasteiger partial charge in [0.25, 0.3) is 0 Å². The van der Waals surface area contributed by atoms with E-state index in [2.05, 4.69) is 25.1 Å². The highest BCUT2D eigenvalue weighted by Crippen LogP contribution is 2.25. The molecule has 0 aromatic carbocycles. The molecule has 1 unspecified atom stereocenters. The first-order valence-corrected chi connectivity index (χ1v) is 8.07. The second kappa shape index (κ2) is 5.42. The van der Waals surface area contributed by atoms with Gasteiger partial charge in [0.1, 0.15) is 0 Å². The number of amides is 1. The van der Waals surface area contributed by atoms with E-state index in [0.717, 1.165) is 35.7 Å². The summed E-state index contributed by atoms with van der Waals surface area (Å²) in [4.78, 5) is 17.6. The lowest BCUT2D eigenvalue weighted by atomic mass is 9.95. The highest BCUT2D eigenvalue weighted by molar-refractivity contribution is 7.13. The van der Waals surface area contributed by atoms with Crippen LogP contribution in [0.4, 0.5) is 5.82 Å². The summed E-state index contributed by atoms with van der Waals surface area (Å²) in [7, 11) is 0. The molecule has 2 N–H and O–H groups in total. The van der Waals surface area contributed by atoms with Gasteiger partial charge in [-0.3, -0.25) is 9.89 Å². The number of hydrogen-bond acceptors (Lipinski definition) is 4. The number of nitrogens with one attached hydrogen (secondary N) is 2. The van der Waals surface area contributed by atoms with E-state index < -0.39 is 0 Å². The summed E-state index contributed by atoms with van der Waals surface area (Å²) >= 11 is 1.64. The first kappa shape index (κ1) is 13.3. The van der Waals surface area contributed by atoms with Gasteiger partial charge in [-0.2, -0.15) is 5.10 Å². The van der Waals surface area contributed by atoms with Crippen molar-refractivity contribution in [3.63, 3.8) is 0 Å². The third kappa shape index (κ3) is 2.43. The lowest BCUT2D eigenvalue weighted by Gasteiger charge is -2.22. The van der Waals surface area contributed by atoms with Gasteiger partial charge in [-0.05, 0) is 17.9 Å². The van der Waals surface area contributed by atoms with Crippen LogP contribution in [0.2, 0.25) is 0 Å². The SMILES string of the molecule is O=C(Nc1cc(-c2cccs2)[nH]n1)C1CCn2cncc2C1. The molecule has 1 aliphatic rings. The van der Waals surface area contributed by atoms with Crippen LogP contribution in [0, 0.1) is 5.92 Å². The number of hydrogen-bond donors (Lipinski definition) is 2. The molecule has 0 saturated heterocycles. The van der Waals surface area contributed by atoms with Crippen LogP contribution in [0.5, 0.6) is 0 Å². The Bertz CT molecular complexity index is 789. The molecule has 3 aromatic rings. The third-order valence-corrected chi connectivity index (χ3v) is 4.86. The molecule has 112 valence electrons. The van der Waals surface area contributed by atoms with Crippen LogP contribution in [-0.4, -0.2) is 25.7 Å². The molecule has 3 aromatic heterocycles. The number of H-pyrrole nitrogens is 1. The lowest BCUT2D eigenvalue weighted by Crippen LogP contribution is -2.30. The first-order chi connectivity index (χ1) is 10.8. The van der Waals surface area contributed by atoms with Crippen LogP contribution in [0.15, 0.2) is 36.1 Å². The highest BCUT2D eigenvalue weighted by Gasteiger charge is 2.25. The Hall–Kier alpha value is -2.41. The maximum atomic E-state index is 12.4. The molecule has 1 atom stereocenters. The Kier molecular flexibility index (Phi) is 3.27. The number of thiophene rings is 1. The third-order valence-electron chi connectivity index (χ3n) is 3.96. The van der Waals surface area contributed by atoms with Crippen LogP contribution in [0.25, 0.3) is 10.6 Å². The number of aryl methyl sites for hydroxylation is 1. The largest absolute Gasteiger partial charge is 0.335 e. The normalized spacial score (nSPS) is 17.2. The number of aromatic amines is 1. The molecule has 0 fully saturated rings. The molecule has 0 spiro atoms. The van der Waals surface area contributed by atoms with Gasteiger partial charge in [-0.15, -0.1) is 11.3 Å². The smallest absolute Gasteiger partial charge is 0.229 e. The minimum atomic E-state index is -0.0221. The van der Waals surface area contributed by atoms with Gasteiger partial charge in [0, 0.05) is 36.8 Å². The number of carbonyl (C=O) groups is 1. The zero-order chi connectivity index (χ0) is 14.9. The van der Waals surface area contributed by atoms with E-state index in [9.17, 15) is 4.79 Å². The predicted octanol–water partition coefficient (Wildman–Crippen LogP) is 2.54. The fraction of sp³-hybridized carbons (Fsp3) is 0.267. The second-order valence-electron chi connectivity index (χ2n) is 5.40. The summed E-state index contributed by atoms with van der Waals surface area (Å²) in [5, 5.41) is 12.1. The number of nitrogens with zero attached hydrogens (tertiary/aromatic N) is 3. The molecule has 0 radical (unpaired) electrons. The van der Waals surface area contributed by atoms with Gasteiger partial charge in [0.15, 0.2) is 5.82 Å². The van der Waals surface area contributed by atoms with Gasteiger partial charge >= 0.3 is 0 Å². The Morgan fingerprint density at radius 3 is 3.32 bits per heavy atom. The quantitative estimate of drug-likeness (QED) is 0.780. The van der Waals surface area contributed by atoms with Gasteiger partial charge in [0.05, 0.1) is 16.9 Å². The zero-order valence-electron chi connectivity index (χ0n) is 11.8. The molecule has 4 rings (SSSR count). The molecular formula is C15H15N5OS. The fourth-order valence-corrected chi connectivity index (χ4v) is 3.46. The minimum Gasteiger partial charge on any atom is -0.335 e. The number of rotatable bonds is 3. The van der Waals surface area contributed by atoms with Crippen molar-refractivity contribution >= 4 is 23.1 Å². The molecule has 4 heterocycles. The van der Waals surface area contributed by atoms with Crippen LogP contribution < -0.4 is 5.32 Å². The summed E-state index contributed by atoms with van der Waals surface area (Å²) in [6.07, 6.45) is 5.22. The maximum absolute atomic E-state index is 12.4. The summed E-state index contributed by atoms with van der Waals surface area (Å²) in [5.41, 5.74) is 2.04. The summed E-state index contributed by atoms with van der Waals surface area (Å²) in [6.45, 7) is 0.842. The van der Waals surface area contributed by atoms with E-state index in [-0.39, 0.29) is 11.8 Å². The summed E-state index contributed by atoms with van der Waals surface area (Å²) in [5.74, 6) is 0.579. The van der Waals surface area contributed by atoms with Crippen LogP contribution in [0.3, 0.4) is 0 Å². The van der Waals surface area contributed by atoms with Crippen molar-refractivity contribution in [2.75, 3.05) is 5.32 Å². The predicted molar refractivity (Wildman–Crippen MR) is 84.6 cm³/mol. The molecule has 0 saturated carbocycles. The van der Waals surface area contributed by atoms with E-state index in [1.54, 1.807) is 11.3 Å². The van der Waals surface area contributed by atoms with E-state index in [0.29, 0.717) is 5.82 Å². The number of imidazole rings is 1. The molecular weight excluding hydrogens is 298 g/mol. The average Bonchev–Trinajstić information content (AvgIpc) is 3.27. The number of carbonyl (C=O) groups excluding carboxylic acids is 1. The lowest BCUT2D eigenvalue weighted by molar-refractivity contribution is -0.120. The Morgan fingerprint density at radius 2 is 2.45 bits per heavy atom. The maximum Gasteiger partial charge on any atom is 0.229 e. The van der Waals surface area contributed by atoms with E-state index in [1.165, 1.54) is 0 Å². The van der Waals surface area contributed by atoms with Crippen LogP contribution in [-0.2, 0) is 17.8 Å². The topological polar surface area (TPSA) is 75.6 Å². The van der Waals surface area contributed by atoms with E-state index in [1.807, 2.05) is 36.1 Å². The number of fused-ring (bicyclic) bond motifs is 1. The highest BCUT2D eigenvalue weighted by atomic mass is 32.1. The monoisotopic (exact) mass is 313 g/mol. The van der Waals surface area contributed by atoms with Crippen molar-refractivity contribution in [3.8, 4) is 10.6 Å². The molecule has 6 nitrogen and oxygen atoms in total. The molecule has 1 aliphatic heterocycles. The van der Waals surface area contributed by atoms with Gasteiger partial charge < -0.3 is 9.88 Å². The standard InChI is InChI=1S/C15H15N5OS/c21-15(10-3-4-20-9-16-8-11(20)6-10)17-14-7-12(18-19-14)13-2-1-5-22-13/h1-2,5,7-10H,3-4,6H2,(H2,17,18,19,21). The van der Waals surface area contributed by atoms with Crippen molar-refractivity contribution in [2.45, 2.75) is 19.4 Å². The van der Waals surface area contributed by atoms with E-state index in [4.69, 9.17) is 0 Å². The zero-order valence-corrected chi connectivity index (χ0v) is 12.6. The van der Waals surface area contributed by atoms with Crippen molar-refractivity contribution in [1.29, 1.82) is 0 Å². The molecule has 0 bridgehead atoms. The van der Waals surface area contributed by atoms with Crippen molar-refractivity contribution < 1.29 is 4.79 Å². The van der Waals surface area contributed by atoms with Crippen molar-refractivity contribution in [1.82, 2.24) is 19.7 Å². The van der Waals surface area contributed by atoms with Crippen LogP contribution in [0.1, 0.15) is 12.1 Å². The van der Waals surface area contributed by atoms with Gasteiger partial charge in [-0.1, -0.05) is 6.07 Å². The van der Waals surface area contributed by atoms with Gasteiger partial charge in [-0.25, -0.2) is 4.98 Å². The summed E-state index contributed by atoms with van der Waals surface area (Å²) in [6, 6.07) is 5.88. The Morgan fingerprint density at radius 1 is 1.50 bits per heavy atom. The number of anilines is 1. The molecule has 7 heteroatoms. The Balaban J connectivity index is 1.44. The fourth-order valence-electron chi connectivity index (χ4n) is 2.76. The van der Waals surface area contributed by atoms with Crippen molar-refractivity contribution in [3.05, 3.63) is 41.8 Å². The minimum absolute atomic E-state index is 0.0221. The summed E-state index contributed by atoms with van der Waals surface area (Å²) < 4.78 is 2.10. The van der Waals surface area contributed by atoms with Crippen molar-refractivity contribution in [2.24, 2.45) is 5.92 Å². The van der Waals surface area contributed by atoms with Gasteiger partial charge in [0.2, 0.25) is 5.91 Å². The van der Waals surface area contributed by atoms with Crippen LogP contribution >= 0.6 is 11.3 Å². The van der Waals surface area contributed by atoms with E-state index >= 15 is 0 Å². The second-order valence-corrected chi connectivity index (χ2v) is 6.35. The molecule has 0 aliphatic carbocycles. The molecule has 22 heavy (non-hydrogen) atoms. The first-order valence-electron chi connectivity index (χ1n) is 7.19. The number of aromatic nitrogens is 4. The average molecular weight is 313 g/mol.